The number of aryl methyl sites for hydroxylation is 1. The van der Waals surface area contributed by atoms with Crippen LogP contribution >= 0.6 is 0 Å². The van der Waals surface area contributed by atoms with Crippen LogP contribution in [0.15, 0.2) is 47.4 Å². The fraction of sp³-hybridized carbons (Fsp3) is 0.300. The molecule has 2 aliphatic rings. The van der Waals surface area contributed by atoms with Gasteiger partial charge in [-0.2, -0.15) is 0 Å². The van der Waals surface area contributed by atoms with E-state index >= 15 is 0 Å². The Hall–Kier alpha value is -2.91. The lowest BCUT2D eigenvalue weighted by Crippen LogP contribution is -2.48. The van der Waals surface area contributed by atoms with Crippen molar-refractivity contribution in [2.75, 3.05) is 36.4 Å². The van der Waals surface area contributed by atoms with E-state index in [9.17, 15) is 18.0 Å². The smallest absolute Gasteiger partial charge is 0.253 e. The average molecular weight is 414 g/mol. The van der Waals surface area contributed by atoms with E-state index in [4.69, 9.17) is 5.14 Å². The van der Waals surface area contributed by atoms with Crippen LogP contribution in [0.25, 0.3) is 0 Å². The number of nitrogens with zero attached hydrogens (tertiary/aromatic N) is 2. The van der Waals surface area contributed by atoms with Crippen molar-refractivity contribution < 1.29 is 18.0 Å². The van der Waals surface area contributed by atoms with E-state index in [-0.39, 0.29) is 16.7 Å². The lowest BCUT2D eigenvalue weighted by Gasteiger charge is -2.36. The Morgan fingerprint density at radius 2 is 1.66 bits per heavy atom. The standard InChI is InChI=1S/C20H22N4O4S/c21-29(27,28)17-5-3-16(4-6-17)23-9-11-24(12-10-23)20(26)15-1-7-18-14(13-15)2-8-19(25)22-18/h1,3-7,13H,2,8-12H2,(H,22,25)(H2,21,27,28). The molecule has 0 saturated carbocycles. The highest BCUT2D eigenvalue weighted by atomic mass is 32.2. The summed E-state index contributed by atoms with van der Waals surface area (Å²) in [7, 11) is -3.71. The molecule has 0 unspecified atom stereocenters. The number of carbonyl (C=O) groups excluding carboxylic acids is 2. The summed E-state index contributed by atoms with van der Waals surface area (Å²) < 4.78 is 22.8. The minimum atomic E-state index is -3.71. The predicted octanol–water partition coefficient (Wildman–Crippen LogP) is 1.18. The van der Waals surface area contributed by atoms with Gasteiger partial charge in [0.05, 0.1) is 4.90 Å². The maximum Gasteiger partial charge on any atom is 0.253 e. The van der Waals surface area contributed by atoms with E-state index in [1.165, 1.54) is 12.1 Å². The number of anilines is 2. The number of amides is 2. The Morgan fingerprint density at radius 1 is 0.966 bits per heavy atom. The van der Waals surface area contributed by atoms with Crippen LogP contribution in [0.3, 0.4) is 0 Å². The Balaban J connectivity index is 1.40. The Kier molecular flexibility index (Phi) is 5.01. The first-order valence-electron chi connectivity index (χ1n) is 9.41. The number of piperazine rings is 1. The molecule has 2 aromatic rings. The topological polar surface area (TPSA) is 113 Å². The van der Waals surface area contributed by atoms with E-state index in [2.05, 4.69) is 10.2 Å². The van der Waals surface area contributed by atoms with Crippen LogP contribution in [-0.4, -0.2) is 51.3 Å². The van der Waals surface area contributed by atoms with Crippen molar-refractivity contribution in [2.24, 2.45) is 5.14 Å². The number of nitrogens with two attached hydrogens (primary N) is 1. The SMILES string of the molecule is NS(=O)(=O)c1ccc(N2CCN(C(=O)c3ccc4c(c3)CCC(=O)N4)CC2)cc1. The van der Waals surface area contributed by atoms with E-state index in [0.717, 1.165) is 16.9 Å². The van der Waals surface area contributed by atoms with Crippen LogP contribution in [0.1, 0.15) is 22.3 Å². The van der Waals surface area contributed by atoms with Crippen molar-refractivity contribution in [1.82, 2.24) is 4.90 Å². The highest BCUT2D eigenvalue weighted by Gasteiger charge is 2.24. The maximum absolute atomic E-state index is 12.9. The van der Waals surface area contributed by atoms with Crippen LogP contribution in [-0.2, 0) is 21.2 Å². The van der Waals surface area contributed by atoms with Crippen molar-refractivity contribution in [3.63, 3.8) is 0 Å². The van der Waals surface area contributed by atoms with Crippen LogP contribution in [0, 0.1) is 0 Å². The molecular formula is C20H22N4O4S. The largest absolute Gasteiger partial charge is 0.368 e. The molecule has 0 bridgehead atoms. The minimum Gasteiger partial charge on any atom is -0.368 e. The van der Waals surface area contributed by atoms with Crippen LogP contribution in [0.2, 0.25) is 0 Å². The molecule has 9 heteroatoms. The molecule has 2 aliphatic heterocycles. The third-order valence-corrected chi connectivity index (χ3v) is 6.27. The molecule has 0 aromatic heterocycles. The zero-order valence-electron chi connectivity index (χ0n) is 15.8. The number of carbonyl (C=O) groups is 2. The van der Waals surface area contributed by atoms with Crippen molar-refractivity contribution in [1.29, 1.82) is 0 Å². The summed E-state index contributed by atoms with van der Waals surface area (Å²) in [5.41, 5.74) is 3.30. The zero-order valence-corrected chi connectivity index (χ0v) is 16.6. The molecule has 0 aliphatic carbocycles. The average Bonchev–Trinajstić information content (AvgIpc) is 2.72. The molecule has 2 amide bonds. The Bertz CT molecular complexity index is 1060. The molecule has 4 rings (SSSR count). The highest BCUT2D eigenvalue weighted by molar-refractivity contribution is 7.89. The third-order valence-electron chi connectivity index (χ3n) is 5.34. The number of rotatable bonds is 3. The van der Waals surface area contributed by atoms with Gasteiger partial charge in [-0.05, 0) is 54.4 Å². The van der Waals surface area contributed by atoms with Gasteiger partial charge < -0.3 is 15.1 Å². The van der Waals surface area contributed by atoms with Gasteiger partial charge in [0.15, 0.2) is 0 Å². The summed E-state index contributed by atoms with van der Waals surface area (Å²) in [5, 5.41) is 7.96. The van der Waals surface area contributed by atoms with Crippen LogP contribution in [0.5, 0.6) is 0 Å². The number of fused-ring (bicyclic) bond motifs is 1. The van der Waals surface area contributed by atoms with Crippen molar-refractivity contribution in [3.05, 3.63) is 53.6 Å². The highest BCUT2D eigenvalue weighted by Crippen LogP contribution is 2.25. The zero-order chi connectivity index (χ0) is 20.6. The summed E-state index contributed by atoms with van der Waals surface area (Å²) in [5.74, 6) is -0.0151. The number of nitrogens with one attached hydrogen (secondary N) is 1. The van der Waals surface area contributed by atoms with Gasteiger partial charge in [0.2, 0.25) is 15.9 Å². The van der Waals surface area contributed by atoms with E-state index in [1.807, 2.05) is 11.0 Å². The summed E-state index contributed by atoms with van der Waals surface area (Å²) >= 11 is 0. The monoisotopic (exact) mass is 414 g/mol. The van der Waals surface area contributed by atoms with Crippen molar-refractivity contribution in [3.8, 4) is 0 Å². The number of hydrogen-bond acceptors (Lipinski definition) is 5. The second kappa shape index (κ2) is 7.49. The molecule has 1 fully saturated rings. The first kappa shape index (κ1) is 19.4. The van der Waals surface area contributed by atoms with Gasteiger partial charge in [-0.3, -0.25) is 9.59 Å². The van der Waals surface area contributed by atoms with Gasteiger partial charge in [0, 0.05) is 49.5 Å². The fourth-order valence-corrected chi connectivity index (χ4v) is 4.23. The minimum absolute atomic E-state index is 0.00444. The summed E-state index contributed by atoms with van der Waals surface area (Å²) in [6, 6.07) is 11.9. The number of benzene rings is 2. The second-order valence-corrected chi connectivity index (χ2v) is 8.80. The van der Waals surface area contributed by atoms with Gasteiger partial charge in [0.25, 0.3) is 5.91 Å². The lowest BCUT2D eigenvalue weighted by molar-refractivity contribution is -0.116. The maximum atomic E-state index is 12.9. The second-order valence-electron chi connectivity index (χ2n) is 7.24. The Morgan fingerprint density at radius 3 is 2.31 bits per heavy atom. The molecule has 29 heavy (non-hydrogen) atoms. The van der Waals surface area contributed by atoms with E-state index in [0.29, 0.717) is 44.6 Å². The molecule has 0 atom stereocenters. The third kappa shape index (κ3) is 4.10. The quantitative estimate of drug-likeness (QED) is 0.783. The predicted molar refractivity (Wildman–Crippen MR) is 109 cm³/mol. The van der Waals surface area contributed by atoms with Gasteiger partial charge >= 0.3 is 0 Å². The van der Waals surface area contributed by atoms with Crippen LogP contribution in [0.4, 0.5) is 11.4 Å². The van der Waals surface area contributed by atoms with Crippen LogP contribution < -0.4 is 15.4 Å². The van der Waals surface area contributed by atoms with Gasteiger partial charge in [-0.1, -0.05) is 0 Å². The summed E-state index contributed by atoms with van der Waals surface area (Å²) in [6.07, 6.45) is 1.08. The molecule has 1 saturated heterocycles. The molecule has 3 N–H and O–H groups in total. The molecule has 2 aromatic carbocycles. The molecule has 2 heterocycles. The van der Waals surface area contributed by atoms with Gasteiger partial charge in [0.1, 0.15) is 0 Å². The van der Waals surface area contributed by atoms with Crippen molar-refractivity contribution in [2.45, 2.75) is 17.7 Å². The Labute approximate surface area is 169 Å². The number of hydrogen-bond donors (Lipinski definition) is 2. The fourth-order valence-electron chi connectivity index (χ4n) is 3.71. The van der Waals surface area contributed by atoms with E-state index < -0.39 is 10.0 Å². The number of sulfonamides is 1. The van der Waals surface area contributed by atoms with Crippen molar-refractivity contribution >= 4 is 33.2 Å². The van der Waals surface area contributed by atoms with E-state index in [1.54, 1.807) is 24.3 Å². The van der Waals surface area contributed by atoms with Gasteiger partial charge in [-0.25, -0.2) is 13.6 Å². The molecule has 8 nitrogen and oxygen atoms in total. The molecule has 0 radical (unpaired) electrons. The first-order valence-corrected chi connectivity index (χ1v) is 11.0. The molecule has 0 spiro atoms. The first-order chi connectivity index (χ1) is 13.8. The molecule has 152 valence electrons. The lowest BCUT2D eigenvalue weighted by atomic mass is 10.00. The molecular weight excluding hydrogens is 392 g/mol. The normalized spacial score (nSPS) is 16.9. The summed E-state index contributed by atoms with van der Waals surface area (Å²) in [6.45, 7) is 2.45. The summed E-state index contributed by atoms with van der Waals surface area (Å²) in [4.78, 5) is 28.4. The number of primary sulfonamides is 1. The van der Waals surface area contributed by atoms with Gasteiger partial charge in [-0.15, -0.1) is 0 Å².